The van der Waals surface area contributed by atoms with Crippen molar-refractivity contribution in [3.63, 3.8) is 0 Å². The maximum Gasteiger partial charge on any atom is 0.123 e. The minimum atomic E-state index is 0.245. The van der Waals surface area contributed by atoms with Gasteiger partial charge in [0.25, 0.3) is 0 Å². The van der Waals surface area contributed by atoms with E-state index in [2.05, 4.69) is 17.4 Å². The molecule has 2 rings (SSSR count). The Hall–Kier alpha value is -2.04. The first-order chi connectivity index (χ1) is 10.2. The lowest BCUT2D eigenvalue weighted by Crippen LogP contribution is -2.13. The first-order valence-electron chi connectivity index (χ1n) is 6.86. The van der Waals surface area contributed by atoms with Crippen LogP contribution in [0.15, 0.2) is 42.5 Å². The summed E-state index contributed by atoms with van der Waals surface area (Å²) in [6, 6.07) is 13.6. The van der Waals surface area contributed by atoms with Gasteiger partial charge < -0.3 is 19.9 Å². The molecule has 0 heterocycles. The molecule has 21 heavy (non-hydrogen) atoms. The van der Waals surface area contributed by atoms with Crippen LogP contribution in [0.5, 0.6) is 11.5 Å². The van der Waals surface area contributed by atoms with Gasteiger partial charge in [-0.2, -0.15) is 0 Å². The van der Waals surface area contributed by atoms with Gasteiger partial charge in [-0.05, 0) is 17.2 Å². The van der Waals surface area contributed by atoms with Crippen molar-refractivity contribution in [1.82, 2.24) is 5.32 Å². The molecule has 0 aromatic heterocycles. The molecule has 2 aromatic rings. The van der Waals surface area contributed by atoms with E-state index < -0.39 is 0 Å². The van der Waals surface area contributed by atoms with Gasteiger partial charge >= 0.3 is 0 Å². The number of methoxy groups -OCH3 is 2. The van der Waals surface area contributed by atoms with Crippen LogP contribution >= 0.6 is 0 Å². The molecule has 0 saturated heterocycles. The third-order valence-corrected chi connectivity index (χ3v) is 3.24. The van der Waals surface area contributed by atoms with Crippen LogP contribution in [0.3, 0.4) is 0 Å². The SMILES string of the molecule is COCc1cccc(CNCc2ccc(OC)cc2O)c1. The predicted octanol–water partition coefficient (Wildman–Crippen LogP) is 2.84. The monoisotopic (exact) mass is 287 g/mol. The number of nitrogens with one attached hydrogen (secondary N) is 1. The normalized spacial score (nSPS) is 10.6. The van der Waals surface area contributed by atoms with Gasteiger partial charge in [-0.15, -0.1) is 0 Å². The number of benzene rings is 2. The third kappa shape index (κ3) is 4.48. The van der Waals surface area contributed by atoms with Gasteiger partial charge in [-0.3, -0.25) is 0 Å². The van der Waals surface area contributed by atoms with Crippen molar-refractivity contribution in [2.24, 2.45) is 0 Å². The summed E-state index contributed by atoms with van der Waals surface area (Å²) >= 11 is 0. The molecular formula is C17H21NO3. The molecule has 0 aliphatic heterocycles. The summed E-state index contributed by atoms with van der Waals surface area (Å²) in [5.74, 6) is 0.901. The molecule has 112 valence electrons. The van der Waals surface area contributed by atoms with Crippen LogP contribution in [0.4, 0.5) is 0 Å². The van der Waals surface area contributed by atoms with Crippen molar-refractivity contribution in [2.45, 2.75) is 19.7 Å². The fraction of sp³-hybridized carbons (Fsp3) is 0.294. The molecule has 2 N–H and O–H groups in total. The standard InChI is InChI=1S/C17H21NO3/c1-20-12-14-5-3-4-13(8-14)10-18-11-15-6-7-16(21-2)9-17(15)19/h3-9,18-19H,10-12H2,1-2H3. The van der Waals surface area contributed by atoms with Crippen LogP contribution < -0.4 is 10.1 Å². The highest BCUT2D eigenvalue weighted by atomic mass is 16.5. The van der Waals surface area contributed by atoms with Crippen molar-refractivity contribution >= 4 is 0 Å². The van der Waals surface area contributed by atoms with Gasteiger partial charge in [0.1, 0.15) is 11.5 Å². The maximum absolute atomic E-state index is 9.90. The molecule has 0 saturated carbocycles. The Balaban J connectivity index is 1.90. The maximum atomic E-state index is 9.90. The Labute approximate surface area is 125 Å². The highest BCUT2D eigenvalue weighted by molar-refractivity contribution is 5.39. The van der Waals surface area contributed by atoms with Crippen LogP contribution in [0.2, 0.25) is 0 Å². The fourth-order valence-corrected chi connectivity index (χ4v) is 2.16. The zero-order chi connectivity index (χ0) is 15.1. The number of phenols is 1. The van der Waals surface area contributed by atoms with Crippen molar-refractivity contribution in [3.05, 3.63) is 59.2 Å². The van der Waals surface area contributed by atoms with Gasteiger partial charge in [-0.25, -0.2) is 0 Å². The van der Waals surface area contributed by atoms with Crippen molar-refractivity contribution in [3.8, 4) is 11.5 Å². The zero-order valence-corrected chi connectivity index (χ0v) is 12.4. The van der Waals surface area contributed by atoms with Crippen LogP contribution in [0.1, 0.15) is 16.7 Å². The first kappa shape index (κ1) is 15.4. The molecule has 0 bridgehead atoms. The van der Waals surface area contributed by atoms with Gasteiger partial charge in [0.2, 0.25) is 0 Å². The van der Waals surface area contributed by atoms with E-state index >= 15 is 0 Å². The van der Waals surface area contributed by atoms with Crippen LogP contribution in [-0.2, 0) is 24.4 Å². The van der Waals surface area contributed by atoms with Gasteiger partial charge in [-0.1, -0.05) is 30.3 Å². The van der Waals surface area contributed by atoms with Crippen LogP contribution in [0, 0.1) is 0 Å². The quantitative estimate of drug-likeness (QED) is 0.822. The van der Waals surface area contributed by atoms with Gasteiger partial charge in [0.15, 0.2) is 0 Å². The van der Waals surface area contributed by atoms with Crippen molar-refractivity contribution in [1.29, 1.82) is 0 Å². The molecule has 0 aliphatic rings. The van der Waals surface area contributed by atoms with E-state index in [0.29, 0.717) is 18.9 Å². The number of rotatable bonds is 7. The molecule has 0 fully saturated rings. The molecule has 0 spiro atoms. The summed E-state index contributed by atoms with van der Waals surface area (Å²) in [6.07, 6.45) is 0. The Bertz CT molecular complexity index is 584. The number of ether oxygens (including phenoxy) is 2. The van der Waals surface area contributed by atoms with E-state index in [1.165, 1.54) is 5.56 Å². The Kier molecular flexibility index (Phi) is 5.60. The van der Waals surface area contributed by atoms with E-state index in [0.717, 1.165) is 17.7 Å². The summed E-state index contributed by atoms with van der Waals surface area (Å²) < 4.78 is 10.2. The largest absolute Gasteiger partial charge is 0.507 e. The molecule has 2 aromatic carbocycles. The fourth-order valence-electron chi connectivity index (χ4n) is 2.16. The Morgan fingerprint density at radius 2 is 1.81 bits per heavy atom. The molecule has 0 atom stereocenters. The summed E-state index contributed by atoms with van der Waals surface area (Å²) in [7, 11) is 3.27. The second kappa shape index (κ2) is 7.67. The van der Waals surface area contributed by atoms with Crippen LogP contribution in [0.25, 0.3) is 0 Å². The number of aromatic hydroxyl groups is 1. The zero-order valence-electron chi connectivity index (χ0n) is 12.4. The first-order valence-corrected chi connectivity index (χ1v) is 6.86. The lowest BCUT2D eigenvalue weighted by Gasteiger charge is -2.09. The third-order valence-electron chi connectivity index (χ3n) is 3.24. The highest BCUT2D eigenvalue weighted by Crippen LogP contribution is 2.23. The highest BCUT2D eigenvalue weighted by Gasteiger charge is 2.03. The van der Waals surface area contributed by atoms with Gasteiger partial charge in [0, 0.05) is 31.8 Å². The summed E-state index contributed by atoms with van der Waals surface area (Å²) in [6.45, 7) is 1.96. The Morgan fingerprint density at radius 1 is 1.00 bits per heavy atom. The number of phenolic OH excluding ortho intramolecular Hbond substituents is 1. The van der Waals surface area contributed by atoms with E-state index in [1.54, 1.807) is 20.3 Å². The van der Waals surface area contributed by atoms with Crippen molar-refractivity contribution in [2.75, 3.05) is 14.2 Å². The molecule has 0 radical (unpaired) electrons. The minimum absolute atomic E-state index is 0.245. The average Bonchev–Trinajstić information content (AvgIpc) is 2.49. The lowest BCUT2D eigenvalue weighted by molar-refractivity contribution is 0.185. The van der Waals surface area contributed by atoms with E-state index in [-0.39, 0.29) is 5.75 Å². The van der Waals surface area contributed by atoms with E-state index in [4.69, 9.17) is 9.47 Å². The van der Waals surface area contributed by atoms with E-state index in [9.17, 15) is 5.11 Å². The smallest absolute Gasteiger partial charge is 0.123 e. The summed E-state index contributed by atoms with van der Waals surface area (Å²) in [4.78, 5) is 0. The topological polar surface area (TPSA) is 50.7 Å². The molecule has 0 unspecified atom stereocenters. The second-order valence-corrected chi connectivity index (χ2v) is 4.85. The summed E-state index contributed by atoms with van der Waals surface area (Å²) in [5.41, 5.74) is 3.20. The Morgan fingerprint density at radius 3 is 2.52 bits per heavy atom. The number of hydrogen-bond donors (Lipinski definition) is 2. The molecule has 0 amide bonds. The second-order valence-electron chi connectivity index (χ2n) is 4.85. The van der Waals surface area contributed by atoms with E-state index in [1.807, 2.05) is 24.3 Å². The van der Waals surface area contributed by atoms with Crippen molar-refractivity contribution < 1.29 is 14.6 Å². The molecule has 4 nitrogen and oxygen atoms in total. The summed E-state index contributed by atoms with van der Waals surface area (Å²) in [5, 5.41) is 13.2. The molecule has 0 aliphatic carbocycles. The number of hydrogen-bond acceptors (Lipinski definition) is 4. The minimum Gasteiger partial charge on any atom is -0.507 e. The lowest BCUT2D eigenvalue weighted by atomic mass is 10.1. The van der Waals surface area contributed by atoms with Crippen LogP contribution in [-0.4, -0.2) is 19.3 Å². The predicted molar refractivity (Wildman–Crippen MR) is 82.4 cm³/mol. The molecule has 4 heteroatoms. The molecular weight excluding hydrogens is 266 g/mol. The average molecular weight is 287 g/mol. The van der Waals surface area contributed by atoms with Gasteiger partial charge in [0.05, 0.1) is 13.7 Å².